The Hall–Kier alpha value is -5.79. The van der Waals surface area contributed by atoms with Crippen LogP contribution in [0.2, 0.25) is 0 Å². The predicted molar refractivity (Wildman–Crippen MR) is 186 cm³/mol. The van der Waals surface area contributed by atoms with E-state index in [1.54, 1.807) is 54.9 Å². The molecule has 6 aromatic rings. The molecule has 3 N–H and O–H groups in total. The highest BCUT2D eigenvalue weighted by Crippen LogP contribution is 2.19. The molecule has 0 fully saturated rings. The third kappa shape index (κ3) is 10.1. The Labute approximate surface area is 294 Å². The summed E-state index contributed by atoms with van der Waals surface area (Å²) < 4.78 is 36.7. The van der Waals surface area contributed by atoms with E-state index in [-0.39, 0.29) is 36.1 Å². The van der Waals surface area contributed by atoms with Crippen molar-refractivity contribution in [3.05, 3.63) is 131 Å². The quantitative estimate of drug-likeness (QED) is 0.171. The number of hydrogen-bond acceptors (Lipinski definition) is 10. The number of benzene rings is 2. The lowest BCUT2D eigenvalue weighted by molar-refractivity contribution is 0.334. The molecule has 2 unspecified atom stereocenters. The number of halogens is 3. The normalized spacial score (nSPS) is 11.4. The van der Waals surface area contributed by atoms with Crippen LogP contribution in [0.5, 0.6) is 0 Å². The first-order valence-electron chi connectivity index (χ1n) is 15.4. The van der Waals surface area contributed by atoms with Gasteiger partial charge < -0.3 is 20.1 Å². The van der Waals surface area contributed by atoms with Gasteiger partial charge in [-0.05, 0) is 80.6 Å². The first-order valence-corrected chi connectivity index (χ1v) is 15.4. The highest BCUT2D eigenvalue weighted by atomic mass is 35.5. The summed E-state index contributed by atoms with van der Waals surface area (Å²) in [4.78, 5) is 17.2. The molecular weight excluding hydrogens is 662 g/mol. The van der Waals surface area contributed by atoms with E-state index in [1.807, 2.05) is 27.0 Å². The third-order valence-corrected chi connectivity index (χ3v) is 7.03. The van der Waals surface area contributed by atoms with Gasteiger partial charge in [-0.3, -0.25) is 9.97 Å². The predicted octanol–water partition coefficient (Wildman–Crippen LogP) is 6.84. The number of rotatable bonds is 7. The molecule has 254 valence electrons. The number of nitrogens with one attached hydrogen (secondary N) is 1. The topological polar surface area (TPSA) is 142 Å². The number of pyridine rings is 2. The molecule has 4 aromatic heterocycles. The lowest BCUT2D eigenvalue weighted by Crippen LogP contribution is -2.15. The zero-order valence-electron chi connectivity index (χ0n) is 27.4. The number of aromatic nitrogens is 6. The van der Waals surface area contributed by atoms with Crippen molar-refractivity contribution in [2.24, 2.45) is 5.73 Å². The Morgan fingerprint density at radius 3 is 1.58 bits per heavy atom. The van der Waals surface area contributed by atoms with Crippen LogP contribution in [0.3, 0.4) is 0 Å². The van der Waals surface area contributed by atoms with Crippen LogP contribution in [0.1, 0.15) is 72.8 Å². The molecule has 4 heterocycles. The number of hydrogen-bond donors (Lipinski definition) is 2. The first kappa shape index (κ1) is 37.0. The summed E-state index contributed by atoms with van der Waals surface area (Å²) in [5.74, 6) is 12.8. The van der Waals surface area contributed by atoms with Gasteiger partial charge in [0.05, 0.1) is 12.1 Å². The van der Waals surface area contributed by atoms with Gasteiger partial charge in [0.15, 0.2) is 0 Å². The summed E-state index contributed by atoms with van der Waals surface area (Å²) in [7, 11) is 1.85. The van der Waals surface area contributed by atoms with Gasteiger partial charge in [0.25, 0.3) is 0 Å². The smallest absolute Gasteiger partial charge is 0.244 e. The second-order valence-electron chi connectivity index (χ2n) is 10.6. The molecule has 0 amide bonds. The molecule has 2 aromatic carbocycles. The molecule has 6 rings (SSSR count). The fraction of sp³-hybridized carbons (Fsp3) is 0.189. The first-order chi connectivity index (χ1) is 23.8. The molecule has 0 aliphatic rings. The van der Waals surface area contributed by atoms with Crippen LogP contribution in [-0.2, 0) is 0 Å². The van der Waals surface area contributed by atoms with Crippen molar-refractivity contribution in [3.63, 3.8) is 0 Å². The summed E-state index contributed by atoms with van der Waals surface area (Å²) >= 11 is 0. The van der Waals surface area contributed by atoms with Gasteiger partial charge in [0.2, 0.25) is 23.4 Å². The van der Waals surface area contributed by atoms with Gasteiger partial charge in [-0.25, -0.2) is 8.78 Å². The second-order valence-corrected chi connectivity index (χ2v) is 10.6. The van der Waals surface area contributed by atoms with Crippen molar-refractivity contribution < 1.29 is 17.8 Å². The van der Waals surface area contributed by atoms with Crippen molar-refractivity contribution in [3.8, 4) is 46.7 Å². The average Bonchev–Trinajstić information content (AvgIpc) is 3.83. The Balaban J connectivity index is 0.000000220. The summed E-state index contributed by atoms with van der Waals surface area (Å²) in [6, 6.07) is 19.2. The van der Waals surface area contributed by atoms with Crippen LogP contribution in [0, 0.1) is 35.3 Å². The van der Waals surface area contributed by atoms with Crippen molar-refractivity contribution in [1.29, 1.82) is 0 Å². The second kappa shape index (κ2) is 18.1. The summed E-state index contributed by atoms with van der Waals surface area (Å²) in [5.41, 5.74) is 9.68. The number of nitrogens with two attached hydrogens (primary N) is 1. The molecule has 50 heavy (non-hydrogen) atoms. The van der Waals surface area contributed by atoms with Crippen molar-refractivity contribution >= 4 is 12.4 Å². The molecule has 0 saturated heterocycles. The fourth-order valence-corrected chi connectivity index (χ4v) is 4.27. The van der Waals surface area contributed by atoms with E-state index < -0.39 is 0 Å². The molecule has 0 spiro atoms. The van der Waals surface area contributed by atoms with Crippen LogP contribution < -0.4 is 11.1 Å². The zero-order chi connectivity index (χ0) is 34.6. The maximum Gasteiger partial charge on any atom is 0.244 e. The molecule has 0 saturated carbocycles. The average molecular weight is 695 g/mol. The van der Waals surface area contributed by atoms with Crippen LogP contribution in [-0.4, -0.2) is 37.3 Å². The van der Waals surface area contributed by atoms with Gasteiger partial charge in [0.1, 0.15) is 23.0 Å². The van der Waals surface area contributed by atoms with E-state index in [4.69, 9.17) is 14.8 Å². The van der Waals surface area contributed by atoms with E-state index in [2.05, 4.69) is 59.2 Å². The van der Waals surface area contributed by atoms with Crippen LogP contribution in [0.4, 0.5) is 8.78 Å². The Morgan fingerprint density at radius 1 is 0.680 bits per heavy atom. The van der Waals surface area contributed by atoms with Gasteiger partial charge in [-0.2, -0.15) is 9.97 Å². The van der Waals surface area contributed by atoms with Crippen LogP contribution in [0.15, 0.2) is 94.2 Å². The SMILES string of the molecule is CCC(N)c1nc(-c2ccc(C#Cc3cccc(F)c3)cn2)no1.CCC(NC)c1nc(-c2ccc(C#Cc3cccc(F)c3)cn2)no1.Cl. The summed E-state index contributed by atoms with van der Waals surface area (Å²) in [6.07, 6.45) is 4.80. The Morgan fingerprint density at radius 2 is 1.16 bits per heavy atom. The van der Waals surface area contributed by atoms with Crippen molar-refractivity contribution in [2.75, 3.05) is 7.05 Å². The van der Waals surface area contributed by atoms with Gasteiger partial charge >= 0.3 is 0 Å². The Bertz CT molecular complexity index is 2110. The van der Waals surface area contributed by atoms with E-state index in [0.29, 0.717) is 57.9 Å². The highest BCUT2D eigenvalue weighted by Gasteiger charge is 2.17. The van der Waals surface area contributed by atoms with E-state index in [1.165, 1.54) is 24.3 Å². The third-order valence-electron chi connectivity index (χ3n) is 7.03. The molecule has 0 radical (unpaired) electrons. The van der Waals surface area contributed by atoms with E-state index >= 15 is 0 Å². The molecular formula is C37H33ClF2N8O2. The van der Waals surface area contributed by atoms with E-state index in [0.717, 1.165) is 12.0 Å². The molecule has 10 nitrogen and oxygen atoms in total. The molecule has 0 aliphatic heterocycles. The zero-order valence-corrected chi connectivity index (χ0v) is 28.2. The van der Waals surface area contributed by atoms with E-state index in [9.17, 15) is 8.78 Å². The van der Waals surface area contributed by atoms with Gasteiger partial charge in [0, 0.05) is 34.6 Å². The Kier molecular flexibility index (Phi) is 13.4. The standard InChI is InChI=1S/C19H17FN4O.C18H15FN4O.ClH/c1-3-16(21-2)19-23-18(24-25-19)17-10-9-14(12-22-17)8-7-13-5-4-6-15(20)11-13;1-2-15(20)18-22-17(23-24-18)16-9-8-13(11-21-16)7-6-12-4-3-5-14(19)10-12;/h4-6,9-12,16,21H,3H2,1-2H3;3-5,8-11,15H,2,20H2,1H3;1H. The van der Waals surface area contributed by atoms with Gasteiger partial charge in [-0.1, -0.05) is 60.0 Å². The highest BCUT2D eigenvalue weighted by molar-refractivity contribution is 5.85. The molecule has 0 bridgehead atoms. The monoisotopic (exact) mass is 694 g/mol. The summed E-state index contributed by atoms with van der Waals surface area (Å²) in [6.45, 7) is 3.98. The lowest BCUT2D eigenvalue weighted by Gasteiger charge is -2.06. The van der Waals surface area contributed by atoms with Crippen LogP contribution in [0.25, 0.3) is 23.0 Å². The van der Waals surface area contributed by atoms with Gasteiger partial charge in [-0.15, -0.1) is 12.4 Å². The minimum absolute atomic E-state index is 0. The number of nitrogens with zero attached hydrogens (tertiary/aromatic N) is 6. The lowest BCUT2D eigenvalue weighted by atomic mass is 10.2. The molecule has 2 atom stereocenters. The molecule has 13 heteroatoms. The summed E-state index contributed by atoms with van der Waals surface area (Å²) in [5, 5.41) is 11.0. The minimum atomic E-state index is -0.312. The molecule has 0 aliphatic carbocycles. The van der Waals surface area contributed by atoms with Crippen LogP contribution >= 0.6 is 12.4 Å². The van der Waals surface area contributed by atoms with Crippen molar-refractivity contribution in [2.45, 2.75) is 38.8 Å². The maximum atomic E-state index is 13.1. The fourth-order valence-electron chi connectivity index (χ4n) is 4.27. The minimum Gasteiger partial charge on any atom is -0.337 e. The largest absolute Gasteiger partial charge is 0.337 e. The maximum absolute atomic E-state index is 13.1. The van der Waals surface area contributed by atoms with Crippen molar-refractivity contribution in [1.82, 2.24) is 35.6 Å².